The molecule has 5 N–H and O–H groups in total. The SMILES string of the molecule is COC(CO)[C@@H](O)[C@@H](O)n1cnc2c(N)nc(SCCC(F)(F)F)nc21. The van der Waals surface area contributed by atoms with E-state index in [1.165, 1.54) is 7.11 Å². The van der Waals surface area contributed by atoms with Crippen LogP contribution in [0.5, 0.6) is 0 Å². The molecule has 0 aliphatic carbocycles. The van der Waals surface area contributed by atoms with Gasteiger partial charge in [-0.05, 0) is 0 Å². The molecule has 0 fully saturated rings. The van der Waals surface area contributed by atoms with E-state index >= 15 is 0 Å². The number of hydrogen-bond acceptors (Lipinski definition) is 9. The fourth-order valence-electron chi connectivity index (χ4n) is 2.11. The van der Waals surface area contributed by atoms with Crippen molar-refractivity contribution in [2.75, 3.05) is 25.2 Å². The summed E-state index contributed by atoms with van der Waals surface area (Å²) in [6, 6.07) is 0. The number of aliphatic hydroxyl groups excluding tert-OH is 3. The fourth-order valence-corrected chi connectivity index (χ4v) is 2.94. The van der Waals surface area contributed by atoms with Gasteiger partial charge in [0.05, 0.1) is 19.4 Å². The number of aliphatic hydroxyl groups is 3. The number of hydrogen-bond donors (Lipinski definition) is 4. The molecular weight excluding hydrogens is 379 g/mol. The zero-order valence-electron chi connectivity index (χ0n) is 13.6. The van der Waals surface area contributed by atoms with Crippen LogP contribution in [0.2, 0.25) is 0 Å². The lowest BCUT2D eigenvalue weighted by Gasteiger charge is -2.25. The third-order valence-electron chi connectivity index (χ3n) is 3.50. The van der Waals surface area contributed by atoms with Gasteiger partial charge in [-0.15, -0.1) is 0 Å². The Balaban J connectivity index is 2.28. The number of rotatable bonds is 8. The summed E-state index contributed by atoms with van der Waals surface area (Å²) in [6.45, 7) is -0.545. The van der Waals surface area contributed by atoms with Crippen molar-refractivity contribution in [3.8, 4) is 0 Å². The first-order valence-corrected chi connectivity index (χ1v) is 8.36. The van der Waals surface area contributed by atoms with E-state index in [4.69, 9.17) is 15.6 Å². The van der Waals surface area contributed by atoms with Gasteiger partial charge in [0.25, 0.3) is 0 Å². The van der Waals surface area contributed by atoms with Crippen molar-refractivity contribution in [3.05, 3.63) is 6.33 Å². The van der Waals surface area contributed by atoms with Crippen LogP contribution < -0.4 is 5.73 Å². The van der Waals surface area contributed by atoms with E-state index in [1.807, 2.05) is 0 Å². The van der Waals surface area contributed by atoms with Crippen LogP contribution >= 0.6 is 11.8 Å². The highest BCUT2D eigenvalue weighted by Crippen LogP contribution is 2.28. The molecule has 2 aromatic heterocycles. The molecule has 0 amide bonds. The highest BCUT2D eigenvalue weighted by atomic mass is 32.2. The zero-order chi connectivity index (χ0) is 19.5. The van der Waals surface area contributed by atoms with Crippen LogP contribution in [0.4, 0.5) is 19.0 Å². The van der Waals surface area contributed by atoms with Crippen LogP contribution in [0, 0.1) is 0 Å². The molecular formula is C13H18F3N5O4S. The third kappa shape index (κ3) is 4.73. The number of nitrogen functional groups attached to an aromatic ring is 1. The molecule has 2 aromatic rings. The molecule has 0 spiro atoms. The van der Waals surface area contributed by atoms with Crippen molar-refractivity contribution in [1.29, 1.82) is 0 Å². The van der Waals surface area contributed by atoms with Crippen molar-refractivity contribution < 1.29 is 33.2 Å². The Bertz CT molecular complexity index is 740. The summed E-state index contributed by atoms with van der Waals surface area (Å²) in [5.41, 5.74) is 5.90. The first-order valence-electron chi connectivity index (χ1n) is 7.37. The largest absolute Gasteiger partial charge is 0.394 e. The summed E-state index contributed by atoms with van der Waals surface area (Å²) < 4.78 is 42.7. The van der Waals surface area contributed by atoms with Crippen LogP contribution in [0.1, 0.15) is 12.6 Å². The van der Waals surface area contributed by atoms with Crippen molar-refractivity contribution in [2.24, 2.45) is 0 Å². The monoisotopic (exact) mass is 397 g/mol. The zero-order valence-corrected chi connectivity index (χ0v) is 14.4. The molecule has 2 rings (SSSR count). The number of halogens is 3. The number of imidazole rings is 1. The molecule has 2 heterocycles. The second-order valence-corrected chi connectivity index (χ2v) is 6.35. The summed E-state index contributed by atoms with van der Waals surface area (Å²) in [4.78, 5) is 11.9. The van der Waals surface area contributed by atoms with Crippen LogP contribution in [-0.4, -0.2) is 72.7 Å². The summed E-state index contributed by atoms with van der Waals surface area (Å²) in [5.74, 6) is -0.375. The highest BCUT2D eigenvalue weighted by Gasteiger charge is 2.29. The van der Waals surface area contributed by atoms with E-state index in [9.17, 15) is 23.4 Å². The number of thioether (sulfide) groups is 1. The summed E-state index contributed by atoms with van der Waals surface area (Å²) in [7, 11) is 1.25. The summed E-state index contributed by atoms with van der Waals surface area (Å²) >= 11 is 0.752. The molecule has 0 saturated carbocycles. The van der Waals surface area contributed by atoms with Gasteiger partial charge in [-0.3, -0.25) is 4.57 Å². The molecule has 0 bridgehead atoms. The molecule has 26 heavy (non-hydrogen) atoms. The third-order valence-corrected chi connectivity index (χ3v) is 4.35. The predicted octanol–water partition coefficient (Wildman–Crippen LogP) is 0.312. The maximum Gasteiger partial charge on any atom is 0.389 e. The topological polar surface area (TPSA) is 140 Å². The van der Waals surface area contributed by atoms with Gasteiger partial charge in [-0.25, -0.2) is 15.0 Å². The predicted molar refractivity (Wildman–Crippen MR) is 86.3 cm³/mol. The number of nitrogens with zero attached hydrogens (tertiary/aromatic N) is 4. The van der Waals surface area contributed by atoms with Crippen LogP contribution in [0.15, 0.2) is 11.5 Å². The average Bonchev–Trinajstić information content (AvgIpc) is 2.98. The van der Waals surface area contributed by atoms with Crippen molar-refractivity contribution in [1.82, 2.24) is 19.5 Å². The van der Waals surface area contributed by atoms with Crippen molar-refractivity contribution in [2.45, 2.75) is 36.2 Å². The van der Waals surface area contributed by atoms with Gasteiger partial charge in [0.15, 0.2) is 22.8 Å². The van der Waals surface area contributed by atoms with E-state index in [2.05, 4.69) is 15.0 Å². The van der Waals surface area contributed by atoms with Gasteiger partial charge in [0.2, 0.25) is 0 Å². The molecule has 0 radical (unpaired) electrons. The average molecular weight is 397 g/mol. The van der Waals surface area contributed by atoms with Gasteiger partial charge < -0.3 is 25.8 Å². The minimum Gasteiger partial charge on any atom is -0.394 e. The molecule has 13 heteroatoms. The van der Waals surface area contributed by atoms with E-state index in [0.29, 0.717) is 0 Å². The van der Waals surface area contributed by atoms with Crippen LogP contribution in [0.3, 0.4) is 0 Å². The van der Waals surface area contributed by atoms with E-state index in [-0.39, 0.29) is 27.9 Å². The smallest absolute Gasteiger partial charge is 0.389 e. The Labute approximate surface area is 150 Å². The van der Waals surface area contributed by atoms with Gasteiger partial charge in [-0.2, -0.15) is 13.2 Å². The standard InChI is InChI=1S/C13H18F3N5O4S/c1-25-6(4-22)8(23)11(24)21-5-18-7-9(17)19-12(20-10(7)21)26-3-2-13(14,15)16/h5-6,8,11,22-24H,2-4H2,1H3,(H2,17,19,20)/t6?,8-,11-/m1/s1. The van der Waals surface area contributed by atoms with Gasteiger partial charge in [0, 0.05) is 12.9 Å². The first kappa shape index (κ1) is 20.6. The number of nitrogens with two attached hydrogens (primary N) is 1. The Morgan fingerprint density at radius 3 is 2.62 bits per heavy atom. The lowest BCUT2D eigenvalue weighted by atomic mass is 10.2. The van der Waals surface area contributed by atoms with Crippen molar-refractivity contribution in [3.63, 3.8) is 0 Å². The van der Waals surface area contributed by atoms with Gasteiger partial charge in [-0.1, -0.05) is 11.8 Å². The normalized spacial score (nSPS) is 16.0. The first-order chi connectivity index (χ1) is 12.2. The molecule has 1 unspecified atom stereocenters. The van der Waals surface area contributed by atoms with Crippen molar-refractivity contribution >= 4 is 28.7 Å². The van der Waals surface area contributed by atoms with Crippen LogP contribution in [-0.2, 0) is 4.74 Å². The number of alkyl halides is 3. The number of fused-ring (bicyclic) bond motifs is 1. The Morgan fingerprint density at radius 1 is 1.35 bits per heavy atom. The minimum absolute atomic E-state index is 0.0202. The van der Waals surface area contributed by atoms with E-state index < -0.39 is 37.6 Å². The number of ether oxygens (including phenoxy) is 1. The molecule has 3 atom stereocenters. The van der Waals surface area contributed by atoms with E-state index in [0.717, 1.165) is 22.7 Å². The minimum atomic E-state index is -4.30. The lowest BCUT2D eigenvalue weighted by molar-refractivity contribution is -0.129. The summed E-state index contributed by atoms with van der Waals surface area (Å²) in [6.07, 6.45) is -8.34. The highest BCUT2D eigenvalue weighted by molar-refractivity contribution is 7.99. The Kier molecular flexibility index (Phi) is 6.63. The fraction of sp³-hybridized carbons (Fsp3) is 0.615. The molecule has 0 aliphatic rings. The maximum atomic E-state index is 12.3. The molecule has 146 valence electrons. The second-order valence-electron chi connectivity index (χ2n) is 5.29. The molecule has 0 aromatic carbocycles. The number of aromatic nitrogens is 4. The molecule has 0 aliphatic heterocycles. The maximum absolute atomic E-state index is 12.3. The second kappa shape index (κ2) is 8.35. The Morgan fingerprint density at radius 2 is 2.04 bits per heavy atom. The van der Waals surface area contributed by atoms with Gasteiger partial charge >= 0.3 is 6.18 Å². The Hall–Kier alpha value is -1.67. The number of methoxy groups -OCH3 is 1. The van der Waals surface area contributed by atoms with Gasteiger partial charge in [0.1, 0.15) is 17.7 Å². The summed E-state index contributed by atoms with van der Waals surface area (Å²) in [5, 5.41) is 29.5. The quantitative estimate of drug-likeness (QED) is 0.366. The van der Waals surface area contributed by atoms with Crippen LogP contribution in [0.25, 0.3) is 11.2 Å². The number of anilines is 1. The lowest BCUT2D eigenvalue weighted by Crippen LogP contribution is -2.38. The molecule has 9 nitrogen and oxygen atoms in total. The molecule has 0 saturated heterocycles. The van der Waals surface area contributed by atoms with E-state index in [1.54, 1.807) is 0 Å².